The van der Waals surface area contributed by atoms with Crippen molar-refractivity contribution in [2.45, 2.75) is 13.3 Å². The Bertz CT molecular complexity index is 499. The molecule has 0 unspecified atom stereocenters. The number of carboxylic acids is 1. The molecule has 0 amide bonds. The van der Waals surface area contributed by atoms with E-state index in [0.717, 1.165) is 6.42 Å². The molecule has 1 rings (SSSR count). The molecule has 0 heterocycles. The second-order valence-electron chi connectivity index (χ2n) is 4.00. The average Bonchev–Trinajstić information content (AvgIpc) is 2.37. The number of rotatable bonds is 7. The Morgan fingerprint density at radius 2 is 2.26 bits per heavy atom. The predicted molar refractivity (Wildman–Crippen MR) is 72.8 cm³/mol. The summed E-state index contributed by atoms with van der Waals surface area (Å²) in [5.74, 6) is -1.10. The van der Waals surface area contributed by atoms with Crippen molar-refractivity contribution in [1.29, 1.82) is 0 Å². The topological polar surface area (TPSA) is 83.7 Å². The van der Waals surface area contributed by atoms with Gasteiger partial charge in [0.25, 0.3) is 5.69 Å². The third kappa shape index (κ3) is 3.54. The van der Waals surface area contributed by atoms with Gasteiger partial charge >= 0.3 is 5.97 Å². The van der Waals surface area contributed by atoms with Gasteiger partial charge in [0.1, 0.15) is 0 Å². The van der Waals surface area contributed by atoms with Crippen LogP contribution in [0.4, 0.5) is 11.4 Å². The Morgan fingerprint density at radius 3 is 2.74 bits per heavy atom. The molecule has 1 aromatic carbocycles. The zero-order valence-corrected chi connectivity index (χ0v) is 10.7. The van der Waals surface area contributed by atoms with Crippen LogP contribution in [-0.2, 0) is 0 Å². The first kappa shape index (κ1) is 14.7. The standard InChI is InChI=1S/C13H16N2O4/c1-3-7-14(8-4-2)12-9-10(15(18)19)5-6-11(12)13(16)17/h3,5-6,9H,1,4,7-8H2,2H3,(H,16,17). The van der Waals surface area contributed by atoms with E-state index < -0.39 is 10.9 Å². The summed E-state index contributed by atoms with van der Waals surface area (Å²) >= 11 is 0. The Morgan fingerprint density at radius 1 is 1.58 bits per heavy atom. The lowest BCUT2D eigenvalue weighted by Crippen LogP contribution is -2.26. The van der Waals surface area contributed by atoms with E-state index >= 15 is 0 Å². The number of non-ortho nitro benzene ring substituents is 1. The average molecular weight is 264 g/mol. The molecule has 6 nitrogen and oxygen atoms in total. The van der Waals surface area contributed by atoms with Crippen LogP contribution < -0.4 is 4.90 Å². The van der Waals surface area contributed by atoms with Crippen LogP contribution in [0.5, 0.6) is 0 Å². The Balaban J connectivity index is 3.32. The molecule has 1 N–H and O–H groups in total. The van der Waals surface area contributed by atoms with Gasteiger partial charge in [-0.15, -0.1) is 6.58 Å². The van der Waals surface area contributed by atoms with Crippen LogP contribution in [0.15, 0.2) is 30.9 Å². The SMILES string of the molecule is C=CCN(CCC)c1cc([N+](=O)[O-])ccc1C(=O)O. The number of hydrogen-bond donors (Lipinski definition) is 1. The van der Waals surface area contributed by atoms with Gasteiger partial charge in [0.2, 0.25) is 0 Å². The summed E-state index contributed by atoms with van der Waals surface area (Å²) in [4.78, 5) is 23.2. The summed E-state index contributed by atoms with van der Waals surface area (Å²) in [5, 5.41) is 20.0. The van der Waals surface area contributed by atoms with Crippen molar-refractivity contribution >= 4 is 17.3 Å². The van der Waals surface area contributed by atoms with Gasteiger partial charge in [-0.1, -0.05) is 13.0 Å². The van der Waals surface area contributed by atoms with Gasteiger partial charge in [-0.05, 0) is 12.5 Å². The van der Waals surface area contributed by atoms with E-state index in [1.807, 2.05) is 6.92 Å². The number of carbonyl (C=O) groups is 1. The lowest BCUT2D eigenvalue weighted by molar-refractivity contribution is -0.384. The molecule has 0 aliphatic carbocycles. The van der Waals surface area contributed by atoms with Gasteiger partial charge in [0, 0.05) is 25.2 Å². The van der Waals surface area contributed by atoms with Gasteiger partial charge in [0.05, 0.1) is 16.2 Å². The highest BCUT2D eigenvalue weighted by atomic mass is 16.6. The van der Waals surface area contributed by atoms with Crippen molar-refractivity contribution in [2.24, 2.45) is 0 Å². The van der Waals surface area contributed by atoms with E-state index in [1.54, 1.807) is 11.0 Å². The maximum atomic E-state index is 11.2. The normalized spacial score (nSPS) is 9.95. The van der Waals surface area contributed by atoms with E-state index in [2.05, 4.69) is 6.58 Å². The van der Waals surface area contributed by atoms with E-state index in [0.29, 0.717) is 18.8 Å². The Hall–Kier alpha value is -2.37. The van der Waals surface area contributed by atoms with Crippen LogP contribution >= 0.6 is 0 Å². The van der Waals surface area contributed by atoms with Gasteiger partial charge in [-0.25, -0.2) is 4.79 Å². The summed E-state index contributed by atoms with van der Waals surface area (Å²) in [7, 11) is 0. The van der Waals surface area contributed by atoms with Crippen LogP contribution in [-0.4, -0.2) is 29.1 Å². The molecule has 0 saturated carbocycles. The highest BCUT2D eigenvalue weighted by Crippen LogP contribution is 2.26. The first-order valence-electron chi connectivity index (χ1n) is 5.88. The van der Waals surface area contributed by atoms with Crippen LogP contribution in [0.2, 0.25) is 0 Å². The maximum absolute atomic E-state index is 11.2. The Labute approximate surface area is 111 Å². The third-order valence-electron chi connectivity index (χ3n) is 2.61. The zero-order valence-electron chi connectivity index (χ0n) is 10.7. The third-order valence-corrected chi connectivity index (χ3v) is 2.61. The molecule has 0 aliphatic heterocycles. The highest BCUT2D eigenvalue weighted by Gasteiger charge is 2.19. The predicted octanol–water partition coefficient (Wildman–Crippen LogP) is 2.70. The molecule has 0 aliphatic rings. The lowest BCUT2D eigenvalue weighted by atomic mass is 10.1. The number of hydrogen-bond acceptors (Lipinski definition) is 4. The molecule has 0 fully saturated rings. The summed E-state index contributed by atoms with van der Waals surface area (Å²) in [6, 6.07) is 3.76. The molecule has 0 atom stereocenters. The van der Waals surface area contributed by atoms with Crippen LogP contribution in [0.1, 0.15) is 23.7 Å². The monoisotopic (exact) mass is 264 g/mol. The fourth-order valence-electron chi connectivity index (χ4n) is 1.81. The number of carboxylic acid groups (broad SMARTS) is 1. The molecule has 0 spiro atoms. The number of nitro benzene ring substituents is 1. The summed E-state index contributed by atoms with van der Waals surface area (Å²) < 4.78 is 0. The van der Waals surface area contributed by atoms with E-state index in [4.69, 9.17) is 5.11 Å². The van der Waals surface area contributed by atoms with Crippen molar-refractivity contribution in [2.75, 3.05) is 18.0 Å². The number of aromatic carboxylic acids is 1. The van der Waals surface area contributed by atoms with Gasteiger partial charge in [-0.3, -0.25) is 10.1 Å². The molecular formula is C13H16N2O4. The fourth-order valence-corrected chi connectivity index (χ4v) is 1.81. The minimum absolute atomic E-state index is 0.0564. The molecule has 0 aromatic heterocycles. The first-order chi connectivity index (χ1) is 9.01. The van der Waals surface area contributed by atoms with Gasteiger partial charge in [-0.2, -0.15) is 0 Å². The van der Waals surface area contributed by atoms with E-state index in [1.165, 1.54) is 18.2 Å². The van der Waals surface area contributed by atoms with Crippen molar-refractivity contribution in [3.63, 3.8) is 0 Å². The zero-order chi connectivity index (χ0) is 14.4. The maximum Gasteiger partial charge on any atom is 0.337 e. The molecule has 6 heteroatoms. The van der Waals surface area contributed by atoms with Crippen LogP contribution in [0, 0.1) is 10.1 Å². The summed E-state index contributed by atoms with van der Waals surface area (Å²) in [6.07, 6.45) is 2.44. The number of nitro groups is 1. The van der Waals surface area contributed by atoms with Gasteiger partial charge < -0.3 is 10.0 Å². The molecule has 0 saturated heterocycles. The molecule has 19 heavy (non-hydrogen) atoms. The lowest BCUT2D eigenvalue weighted by Gasteiger charge is -2.24. The quantitative estimate of drug-likeness (QED) is 0.465. The number of nitrogens with zero attached hydrogens (tertiary/aromatic N) is 2. The fraction of sp³-hybridized carbons (Fsp3) is 0.308. The molecule has 0 radical (unpaired) electrons. The van der Waals surface area contributed by atoms with Crippen molar-refractivity contribution in [1.82, 2.24) is 0 Å². The minimum atomic E-state index is -1.10. The molecular weight excluding hydrogens is 248 g/mol. The second kappa shape index (κ2) is 6.53. The van der Waals surface area contributed by atoms with Gasteiger partial charge in [0.15, 0.2) is 0 Å². The molecule has 102 valence electrons. The Kier molecular flexibility index (Phi) is 5.05. The van der Waals surface area contributed by atoms with Crippen LogP contribution in [0.3, 0.4) is 0 Å². The van der Waals surface area contributed by atoms with E-state index in [-0.39, 0.29) is 11.3 Å². The van der Waals surface area contributed by atoms with Crippen molar-refractivity contribution in [3.05, 3.63) is 46.5 Å². The number of anilines is 1. The summed E-state index contributed by atoms with van der Waals surface area (Å²) in [6.45, 7) is 6.61. The molecule has 0 bridgehead atoms. The van der Waals surface area contributed by atoms with E-state index in [9.17, 15) is 14.9 Å². The minimum Gasteiger partial charge on any atom is -0.478 e. The van der Waals surface area contributed by atoms with Crippen molar-refractivity contribution in [3.8, 4) is 0 Å². The second-order valence-corrected chi connectivity index (χ2v) is 4.00. The van der Waals surface area contributed by atoms with Crippen molar-refractivity contribution < 1.29 is 14.8 Å². The highest BCUT2D eigenvalue weighted by molar-refractivity contribution is 5.95. The smallest absolute Gasteiger partial charge is 0.337 e. The first-order valence-corrected chi connectivity index (χ1v) is 5.88. The molecule has 1 aromatic rings. The van der Waals surface area contributed by atoms with Crippen LogP contribution in [0.25, 0.3) is 0 Å². The summed E-state index contributed by atoms with van der Waals surface area (Å²) in [5.41, 5.74) is 0.287. The largest absolute Gasteiger partial charge is 0.478 e. The number of benzene rings is 1.